The monoisotopic (exact) mass is 299 g/mol. The smallest absolute Gasteiger partial charge is 0.370 e. The topological polar surface area (TPSA) is 28.2 Å². The van der Waals surface area contributed by atoms with E-state index in [1.165, 1.54) is 25.1 Å². The number of pyridine rings is 1. The summed E-state index contributed by atoms with van der Waals surface area (Å²) in [4.78, 5) is 5.71. The zero-order valence-electron chi connectivity index (χ0n) is 11.9. The average molecular weight is 299 g/mol. The van der Waals surface area contributed by atoms with Crippen LogP contribution in [0.5, 0.6) is 0 Å². The molecule has 2 aliphatic heterocycles. The molecule has 1 aromatic heterocycles. The molecule has 1 aromatic rings. The number of aromatic nitrogens is 1. The van der Waals surface area contributed by atoms with Crippen molar-refractivity contribution in [1.82, 2.24) is 10.3 Å². The van der Waals surface area contributed by atoms with Gasteiger partial charge in [-0.1, -0.05) is 0 Å². The lowest BCUT2D eigenvalue weighted by atomic mass is 9.71. The number of nitrogens with one attached hydrogen (secondary N) is 1. The Morgan fingerprint density at radius 1 is 1.05 bits per heavy atom. The van der Waals surface area contributed by atoms with E-state index in [1.807, 2.05) is 0 Å². The van der Waals surface area contributed by atoms with Crippen LogP contribution in [0, 0.1) is 5.41 Å². The molecular weight excluding hydrogens is 279 g/mol. The Hall–Kier alpha value is -1.30. The molecular formula is C15H20F3N3. The fraction of sp³-hybridized carbons (Fsp3) is 0.667. The van der Waals surface area contributed by atoms with Crippen molar-refractivity contribution >= 4 is 5.69 Å². The Kier molecular flexibility index (Phi) is 3.82. The predicted octanol–water partition coefficient (Wildman–Crippen LogP) is 3.07. The number of piperidine rings is 2. The number of anilines is 1. The molecule has 0 aromatic carbocycles. The van der Waals surface area contributed by atoms with Crippen LogP contribution >= 0.6 is 0 Å². The quantitative estimate of drug-likeness (QED) is 0.864. The largest absolute Gasteiger partial charge is 0.433 e. The average Bonchev–Trinajstić information content (AvgIpc) is 2.48. The molecule has 0 atom stereocenters. The van der Waals surface area contributed by atoms with Crippen LogP contribution in [0.15, 0.2) is 18.3 Å². The molecule has 21 heavy (non-hydrogen) atoms. The van der Waals surface area contributed by atoms with Crippen LogP contribution in [0.3, 0.4) is 0 Å². The molecule has 3 heterocycles. The Morgan fingerprint density at radius 3 is 2.24 bits per heavy atom. The van der Waals surface area contributed by atoms with E-state index in [9.17, 15) is 13.2 Å². The molecule has 2 aliphatic rings. The first kappa shape index (κ1) is 14.6. The second-order valence-electron chi connectivity index (χ2n) is 6.14. The number of rotatable bonds is 1. The molecule has 3 nitrogen and oxygen atoms in total. The van der Waals surface area contributed by atoms with Gasteiger partial charge in [-0.15, -0.1) is 0 Å². The van der Waals surface area contributed by atoms with Gasteiger partial charge in [0.25, 0.3) is 0 Å². The second kappa shape index (κ2) is 5.48. The van der Waals surface area contributed by atoms with Crippen LogP contribution in [0.1, 0.15) is 31.4 Å². The zero-order chi connectivity index (χ0) is 14.9. The van der Waals surface area contributed by atoms with E-state index < -0.39 is 11.9 Å². The number of hydrogen-bond donors (Lipinski definition) is 1. The fourth-order valence-electron chi connectivity index (χ4n) is 3.44. The van der Waals surface area contributed by atoms with Gasteiger partial charge in [-0.05, 0) is 56.3 Å². The van der Waals surface area contributed by atoms with Gasteiger partial charge in [-0.3, -0.25) is 0 Å². The molecule has 0 bridgehead atoms. The van der Waals surface area contributed by atoms with Crippen molar-refractivity contribution in [2.45, 2.75) is 31.9 Å². The first-order chi connectivity index (χ1) is 9.99. The first-order valence-electron chi connectivity index (χ1n) is 7.48. The highest BCUT2D eigenvalue weighted by molar-refractivity contribution is 5.45. The van der Waals surface area contributed by atoms with E-state index in [0.29, 0.717) is 5.41 Å². The molecule has 0 unspecified atom stereocenters. The summed E-state index contributed by atoms with van der Waals surface area (Å²) < 4.78 is 37.6. The molecule has 1 N–H and O–H groups in total. The minimum atomic E-state index is -4.36. The molecule has 0 saturated carbocycles. The van der Waals surface area contributed by atoms with Gasteiger partial charge in [0, 0.05) is 13.1 Å². The molecule has 2 fully saturated rings. The third-order valence-electron chi connectivity index (χ3n) is 4.89. The molecule has 6 heteroatoms. The standard InChI is InChI=1S/C15H20F3N3/c16-15(17,18)13-2-1-12(11-20-13)21-9-5-14(6-10-21)3-7-19-8-4-14/h1-2,11,19H,3-10H2. The summed E-state index contributed by atoms with van der Waals surface area (Å²) in [6.45, 7) is 3.99. The van der Waals surface area contributed by atoms with E-state index in [-0.39, 0.29) is 0 Å². The normalized spacial score (nSPS) is 22.5. The van der Waals surface area contributed by atoms with Gasteiger partial charge in [-0.25, -0.2) is 4.98 Å². The maximum atomic E-state index is 12.5. The highest BCUT2D eigenvalue weighted by Crippen LogP contribution is 2.40. The van der Waals surface area contributed by atoms with Crippen LogP contribution in [0.25, 0.3) is 0 Å². The SMILES string of the molecule is FC(F)(F)c1ccc(N2CCC3(CCNCC3)CC2)cn1. The van der Waals surface area contributed by atoms with Gasteiger partial charge in [0.2, 0.25) is 0 Å². The number of hydrogen-bond acceptors (Lipinski definition) is 3. The summed E-state index contributed by atoms with van der Waals surface area (Å²) in [7, 11) is 0. The van der Waals surface area contributed by atoms with E-state index in [4.69, 9.17) is 0 Å². The molecule has 3 rings (SSSR count). The lowest BCUT2D eigenvalue weighted by Gasteiger charge is -2.45. The second-order valence-corrected chi connectivity index (χ2v) is 6.14. The van der Waals surface area contributed by atoms with Crippen LogP contribution in [-0.4, -0.2) is 31.2 Å². The van der Waals surface area contributed by atoms with Crippen LogP contribution in [-0.2, 0) is 6.18 Å². The Balaban J connectivity index is 1.64. The van der Waals surface area contributed by atoms with E-state index in [1.54, 1.807) is 0 Å². The van der Waals surface area contributed by atoms with Crippen molar-refractivity contribution in [3.05, 3.63) is 24.0 Å². The van der Waals surface area contributed by atoms with Crippen LogP contribution in [0.4, 0.5) is 18.9 Å². The van der Waals surface area contributed by atoms with Gasteiger partial charge in [-0.2, -0.15) is 13.2 Å². The van der Waals surface area contributed by atoms with Crippen molar-refractivity contribution in [1.29, 1.82) is 0 Å². The Morgan fingerprint density at radius 2 is 1.71 bits per heavy atom. The third-order valence-corrected chi connectivity index (χ3v) is 4.89. The molecule has 0 amide bonds. The fourth-order valence-corrected chi connectivity index (χ4v) is 3.44. The maximum Gasteiger partial charge on any atom is 0.433 e. The van der Waals surface area contributed by atoms with Gasteiger partial charge in [0.1, 0.15) is 5.69 Å². The van der Waals surface area contributed by atoms with Crippen molar-refractivity contribution in [2.24, 2.45) is 5.41 Å². The van der Waals surface area contributed by atoms with Crippen molar-refractivity contribution < 1.29 is 13.2 Å². The summed E-state index contributed by atoms with van der Waals surface area (Å²) in [5, 5.41) is 3.39. The van der Waals surface area contributed by atoms with Crippen molar-refractivity contribution in [2.75, 3.05) is 31.1 Å². The number of halogens is 3. The summed E-state index contributed by atoms with van der Waals surface area (Å²) >= 11 is 0. The summed E-state index contributed by atoms with van der Waals surface area (Å²) in [5.41, 5.74) is 0.422. The molecule has 2 saturated heterocycles. The Labute approximate surface area is 122 Å². The van der Waals surface area contributed by atoms with Crippen LogP contribution in [0.2, 0.25) is 0 Å². The number of alkyl halides is 3. The van der Waals surface area contributed by atoms with Crippen molar-refractivity contribution in [3.8, 4) is 0 Å². The van der Waals surface area contributed by atoms with E-state index in [2.05, 4.69) is 15.2 Å². The van der Waals surface area contributed by atoms with Gasteiger partial charge in [0.15, 0.2) is 0 Å². The minimum Gasteiger partial charge on any atom is -0.370 e. The highest BCUT2D eigenvalue weighted by Gasteiger charge is 2.36. The molecule has 116 valence electrons. The Bertz CT molecular complexity index is 468. The number of nitrogens with zero attached hydrogens (tertiary/aromatic N) is 2. The van der Waals surface area contributed by atoms with Crippen LogP contribution < -0.4 is 10.2 Å². The third kappa shape index (κ3) is 3.15. The molecule has 1 spiro atoms. The first-order valence-corrected chi connectivity index (χ1v) is 7.48. The maximum absolute atomic E-state index is 12.5. The van der Waals surface area contributed by atoms with Gasteiger partial charge >= 0.3 is 6.18 Å². The van der Waals surface area contributed by atoms with E-state index >= 15 is 0 Å². The summed E-state index contributed by atoms with van der Waals surface area (Å²) in [6.07, 6.45) is 1.66. The summed E-state index contributed by atoms with van der Waals surface area (Å²) in [6, 6.07) is 2.61. The molecule has 0 aliphatic carbocycles. The highest BCUT2D eigenvalue weighted by atomic mass is 19.4. The summed E-state index contributed by atoms with van der Waals surface area (Å²) in [5.74, 6) is 0. The van der Waals surface area contributed by atoms with Gasteiger partial charge in [0.05, 0.1) is 11.9 Å². The lowest BCUT2D eigenvalue weighted by Crippen LogP contribution is -2.45. The zero-order valence-corrected chi connectivity index (χ0v) is 11.9. The molecule has 0 radical (unpaired) electrons. The predicted molar refractivity (Wildman–Crippen MR) is 75.2 cm³/mol. The minimum absolute atomic E-state index is 0.446. The van der Waals surface area contributed by atoms with E-state index in [0.717, 1.165) is 50.8 Å². The lowest BCUT2D eigenvalue weighted by molar-refractivity contribution is -0.141. The van der Waals surface area contributed by atoms with Crippen molar-refractivity contribution in [3.63, 3.8) is 0 Å². The van der Waals surface area contributed by atoms with Gasteiger partial charge < -0.3 is 10.2 Å².